The van der Waals surface area contributed by atoms with Crippen molar-refractivity contribution >= 4 is 27.3 Å². The van der Waals surface area contributed by atoms with E-state index < -0.39 is 10.0 Å². The summed E-state index contributed by atoms with van der Waals surface area (Å²) in [6, 6.07) is 12.6. The first-order chi connectivity index (χ1) is 11.7. The van der Waals surface area contributed by atoms with Crippen molar-refractivity contribution < 1.29 is 13.2 Å². The molecule has 2 rings (SSSR count). The SMILES string of the molecule is Cc1ccc(NCC(=O)Nc2ccc(C)c(S(=O)(=O)N(C)C)c2)cc1. The van der Waals surface area contributed by atoms with Crippen molar-refractivity contribution in [3.8, 4) is 0 Å². The minimum absolute atomic E-state index is 0.0900. The van der Waals surface area contributed by atoms with Crippen molar-refractivity contribution in [3.05, 3.63) is 53.6 Å². The van der Waals surface area contributed by atoms with Crippen molar-refractivity contribution in [1.82, 2.24) is 4.31 Å². The fourth-order valence-corrected chi connectivity index (χ4v) is 3.36. The quantitative estimate of drug-likeness (QED) is 0.829. The lowest BCUT2D eigenvalue weighted by Crippen LogP contribution is -2.24. The Hall–Kier alpha value is -2.38. The molecule has 0 saturated heterocycles. The molecule has 0 aliphatic rings. The molecule has 0 heterocycles. The standard InChI is InChI=1S/C18H23N3O3S/c1-13-5-8-15(9-6-13)19-12-18(22)20-16-10-7-14(2)17(11-16)25(23,24)21(3)4/h5-11,19H,12H2,1-4H3,(H,20,22). The average molecular weight is 361 g/mol. The van der Waals surface area contributed by atoms with Gasteiger partial charge in [0.25, 0.3) is 0 Å². The maximum absolute atomic E-state index is 12.3. The second-order valence-corrected chi connectivity index (χ2v) is 8.16. The highest BCUT2D eigenvalue weighted by molar-refractivity contribution is 7.89. The molecule has 0 saturated carbocycles. The predicted molar refractivity (Wildman–Crippen MR) is 100 cm³/mol. The molecule has 134 valence electrons. The number of nitrogens with zero attached hydrogens (tertiary/aromatic N) is 1. The average Bonchev–Trinajstić information content (AvgIpc) is 2.56. The maximum atomic E-state index is 12.3. The summed E-state index contributed by atoms with van der Waals surface area (Å²) in [7, 11) is -0.603. The summed E-state index contributed by atoms with van der Waals surface area (Å²) in [4.78, 5) is 12.3. The normalized spacial score (nSPS) is 11.4. The van der Waals surface area contributed by atoms with Gasteiger partial charge in [0.15, 0.2) is 0 Å². The molecule has 0 atom stereocenters. The van der Waals surface area contributed by atoms with Gasteiger partial charge in [0.2, 0.25) is 15.9 Å². The molecule has 0 aliphatic heterocycles. The topological polar surface area (TPSA) is 78.5 Å². The number of amides is 1. The maximum Gasteiger partial charge on any atom is 0.243 e. The zero-order valence-corrected chi connectivity index (χ0v) is 15.6. The van der Waals surface area contributed by atoms with Gasteiger partial charge >= 0.3 is 0 Å². The molecule has 0 bridgehead atoms. The van der Waals surface area contributed by atoms with Crippen LogP contribution in [0.5, 0.6) is 0 Å². The Balaban J connectivity index is 2.07. The third-order valence-electron chi connectivity index (χ3n) is 3.74. The smallest absolute Gasteiger partial charge is 0.243 e. The van der Waals surface area contributed by atoms with Crippen LogP contribution in [0, 0.1) is 13.8 Å². The number of nitrogens with one attached hydrogen (secondary N) is 2. The molecule has 0 unspecified atom stereocenters. The van der Waals surface area contributed by atoms with Crippen LogP contribution >= 0.6 is 0 Å². The number of aryl methyl sites for hydroxylation is 2. The zero-order valence-electron chi connectivity index (χ0n) is 14.8. The molecule has 7 heteroatoms. The summed E-state index contributed by atoms with van der Waals surface area (Å²) >= 11 is 0. The Morgan fingerprint density at radius 1 is 1.00 bits per heavy atom. The van der Waals surface area contributed by atoms with Gasteiger partial charge in [-0.15, -0.1) is 0 Å². The van der Waals surface area contributed by atoms with Crippen LogP contribution in [-0.4, -0.2) is 39.3 Å². The van der Waals surface area contributed by atoms with Crippen LogP contribution in [0.4, 0.5) is 11.4 Å². The Morgan fingerprint density at radius 2 is 1.60 bits per heavy atom. The van der Waals surface area contributed by atoms with E-state index in [2.05, 4.69) is 10.6 Å². The molecule has 25 heavy (non-hydrogen) atoms. The van der Waals surface area contributed by atoms with E-state index in [4.69, 9.17) is 0 Å². The molecule has 0 radical (unpaired) electrons. The summed E-state index contributed by atoms with van der Waals surface area (Å²) in [5.74, 6) is -0.252. The van der Waals surface area contributed by atoms with Gasteiger partial charge in [-0.25, -0.2) is 12.7 Å². The summed E-state index contributed by atoms with van der Waals surface area (Å²) in [5, 5.41) is 5.75. The second kappa shape index (κ2) is 7.67. The summed E-state index contributed by atoms with van der Waals surface area (Å²) in [6.45, 7) is 3.81. The number of anilines is 2. The lowest BCUT2D eigenvalue weighted by atomic mass is 10.2. The molecule has 6 nitrogen and oxygen atoms in total. The highest BCUT2D eigenvalue weighted by Crippen LogP contribution is 2.22. The minimum Gasteiger partial charge on any atom is -0.376 e. The van der Waals surface area contributed by atoms with Crippen LogP contribution in [0.3, 0.4) is 0 Å². The van der Waals surface area contributed by atoms with Gasteiger partial charge in [-0.1, -0.05) is 23.8 Å². The largest absolute Gasteiger partial charge is 0.376 e. The lowest BCUT2D eigenvalue weighted by molar-refractivity contribution is -0.114. The van der Waals surface area contributed by atoms with Gasteiger partial charge in [0, 0.05) is 25.5 Å². The van der Waals surface area contributed by atoms with Crippen molar-refractivity contribution in [3.63, 3.8) is 0 Å². The lowest BCUT2D eigenvalue weighted by Gasteiger charge is -2.15. The number of carbonyl (C=O) groups is 1. The van der Waals surface area contributed by atoms with Gasteiger partial charge in [-0.2, -0.15) is 0 Å². The Morgan fingerprint density at radius 3 is 2.20 bits per heavy atom. The molecule has 2 aromatic rings. The van der Waals surface area contributed by atoms with E-state index >= 15 is 0 Å². The number of sulfonamides is 1. The third kappa shape index (κ3) is 4.80. The molecule has 1 amide bonds. The first kappa shape index (κ1) is 19.0. The molecule has 0 aromatic heterocycles. The minimum atomic E-state index is -3.56. The number of carbonyl (C=O) groups excluding carboxylic acids is 1. The summed E-state index contributed by atoms with van der Waals surface area (Å²) in [6.07, 6.45) is 0. The highest BCUT2D eigenvalue weighted by atomic mass is 32.2. The summed E-state index contributed by atoms with van der Waals surface area (Å²) in [5.41, 5.74) is 3.07. The first-order valence-corrected chi connectivity index (χ1v) is 9.28. The molecule has 2 N–H and O–H groups in total. The van der Waals surface area contributed by atoms with Crippen LogP contribution < -0.4 is 10.6 Å². The van der Waals surface area contributed by atoms with E-state index in [0.29, 0.717) is 11.3 Å². The van der Waals surface area contributed by atoms with E-state index in [1.165, 1.54) is 20.2 Å². The Labute approximate surface area is 148 Å². The van der Waals surface area contributed by atoms with Crippen LogP contribution in [0.1, 0.15) is 11.1 Å². The highest BCUT2D eigenvalue weighted by Gasteiger charge is 2.20. The van der Waals surface area contributed by atoms with Crippen LogP contribution in [0.15, 0.2) is 47.4 Å². The molecular weight excluding hydrogens is 338 g/mol. The van der Waals surface area contributed by atoms with Crippen LogP contribution in [0.2, 0.25) is 0 Å². The summed E-state index contributed by atoms with van der Waals surface area (Å²) < 4.78 is 25.8. The van der Waals surface area contributed by atoms with Gasteiger partial charge < -0.3 is 10.6 Å². The monoisotopic (exact) mass is 361 g/mol. The van der Waals surface area contributed by atoms with Gasteiger partial charge in [-0.05, 0) is 43.7 Å². The number of hydrogen-bond acceptors (Lipinski definition) is 4. The van der Waals surface area contributed by atoms with Gasteiger partial charge in [-0.3, -0.25) is 4.79 Å². The number of rotatable bonds is 6. The first-order valence-electron chi connectivity index (χ1n) is 7.84. The van der Waals surface area contributed by atoms with Gasteiger partial charge in [0.1, 0.15) is 0 Å². The molecule has 0 aliphatic carbocycles. The third-order valence-corrected chi connectivity index (χ3v) is 5.69. The molecule has 2 aromatic carbocycles. The molecular formula is C18H23N3O3S. The Kier molecular flexibility index (Phi) is 5.81. The number of hydrogen-bond donors (Lipinski definition) is 2. The zero-order chi connectivity index (χ0) is 18.6. The molecule has 0 spiro atoms. The van der Waals surface area contributed by atoms with E-state index in [1.807, 2.05) is 31.2 Å². The van der Waals surface area contributed by atoms with Crippen molar-refractivity contribution in [1.29, 1.82) is 0 Å². The van der Waals surface area contributed by atoms with E-state index in [9.17, 15) is 13.2 Å². The fourth-order valence-electron chi connectivity index (χ4n) is 2.21. The van der Waals surface area contributed by atoms with Gasteiger partial charge in [0.05, 0.1) is 11.4 Å². The molecule has 0 fully saturated rings. The predicted octanol–water partition coefficient (Wildman–Crippen LogP) is 2.60. The van der Waals surface area contributed by atoms with E-state index in [-0.39, 0.29) is 17.3 Å². The van der Waals surface area contributed by atoms with E-state index in [1.54, 1.807) is 19.1 Å². The van der Waals surface area contributed by atoms with Crippen molar-refractivity contribution in [2.75, 3.05) is 31.3 Å². The Bertz CT molecular complexity index is 860. The van der Waals surface area contributed by atoms with Crippen LogP contribution in [0.25, 0.3) is 0 Å². The van der Waals surface area contributed by atoms with Crippen molar-refractivity contribution in [2.24, 2.45) is 0 Å². The number of benzene rings is 2. The van der Waals surface area contributed by atoms with Crippen LogP contribution in [-0.2, 0) is 14.8 Å². The van der Waals surface area contributed by atoms with Crippen molar-refractivity contribution in [2.45, 2.75) is 18.7 Å². The second-order valence-electron chi connectivity index (χ2n) is 6.04. The fraction of sp³-hybridized carbons (Fsp3) is 0.278. The van der Waals surface area contributed by atoms with E-state index in [0.717, 1.165) is 15.6 Å².